The van der Waals surface area contributed by atoms with Gasteiger partial charge in [0.1, 0.15) is 0 Å². The van der Waals surface area contributed by atoms with Gasteiger partial charge in [0.05, 0.1) is 0 Å². The van der Waals surface area contributed by atoms with Crippen molar-refractivity contribution < 1.29 is 4.79 Å². The fourth-order valence-electron chi connectivity index (χ4n) is 1.83. The number of unbranched alkanes of at least 4 members (excludes halogenated alkanes) is 1. The highest BCUT2D eigenvalue weighted by Gasteiger charge is 2.15. The van der Waals surface area contributed by atoms with Gasteiger partial charge < -0.3 is 0 Å². The Kier molecular flexibility index (Phi) is 5.81. The molecule has 3 nitrogen and oxygen atoms in total. The minimum Gasteiger partial charge on any atom is -0.291 e. The Morgan fingerprint density at radius 1 is 1.29 bits per heavy atom. The van der Waals surface area contributed by atoms with Crippen molar-refractivity contribution in [1.29, 1.82) is 0 Å². The Morgan fingerprint density at radius 2 is 1.94 bits per heavy atom. The number of carbonyl (C=O) groups is 1. The lowest BCUT2D eigenvalue weighted by molar-refractivity contribution is 0.0946. The van der Waals surface area contributed by atoms with Crippen molar-refractivity contribution in [2.45, 2.75) is 52.9 Å². The van der Waals surface area contributed by atoms with Crippen LogP contribution in [0.1, 0.15) is 62.1 Å². The zero-order valence-electron chi connectivity index (χ0n) is 11.1. The molecule has 1 aromatic rings. The molecule has 0 aliphatic rings. The molecule has 0 bridgehead atoms. The van der Waals surface area contributed by atoms with E-state index >= 15 is 0 Å². The zero-order valence-corrected chi connectivity index (χ0v) is 11.1. The third-order valence-electron chi connectivity index (χ3n) is 3.05. The van der Waals surface area contributed by atoms with E-state index in [0.717, 1.165) is 18.4 Å². The molecule has 17 heavy (non-hydrogen) atoms. The van der Waals surface area contributed by atoms with Gasteiger partial charge in [-0.05, 0) is 18.4 Å². The van der Waals surface area contributed by atoms with Gasteiger partial charge in [0.2, 0.25) is 0 Å². The minimum atomic E-state index is 0.0768. The van der Waals surface area contributed by atoms with Crippen LogP contribution < -0.4 is 0 Å². The number of ketones is 1. The highest BCUT2D eigenvalue weighted by molar-refractivity contribution is 5.92. The van der Waals surface area contributed by atoms with Crippen molar-refractivity contribution in [1.82, 2.24) is 9.97 Å². The largest absolute Gasteiger partial charge is 0.291 e. The van der Waals surface area contributed by atoms with Crippen LogP contribution >= 0.6 is 0 Å². The van der Waals surface area contributed by atoms with Crippen molar-refractivity contribution in [2.24, 2.45) is 5.92 Å². The molecule has 0 aliphatic carbocycles. The number of aryl methyl sites for hydroxylation is 1. The van der Waals surface area contributed by atoms with Crippen LogP contribution in [0.2, 0.25) is 0 Å². The van der Waals surface area contributed by atoms with E-state index in [0.29, 0.717) is 18.2 Å². The lowest BCUT2D eigenvalue weighted by Gasteiger charge is -2.12. The maximum atomic E-state index is 12.0. The normalized spacial score (nSPS) is 12.4. The Balaban J connectivity index is 2.54. The first kappa shape index (κ1) is 13.8. The van der Waals surface area contributed by atoms with E-state index in [9.17, 15) is 4.79 Å². The number of rotatable bonds is 7. The topological polar surface area (TPSA) is 42.9 Å². The van der Waals surface area contributed by atoms with Crippen LogP contribution in [0.3, 0.4) is 0 Å². The van der Waals surface area contributed by atoms with E-state index in [1.807, 2.05) is 6.92 Å². The van der Waals surface area contributed by atoms with Gasteiger partial charge in [-0.2, -0.15) is 0 Å². The molecule has 1 aromatic heterocycles. The van der Waals surface area contributed by atoms with Crippen molar-refractivity contribution in [3.63, 3.8) is 0 Å². The highest BCUT2D eigenvalue weighted by atomic mass is 16.1. The molecule has 0 saturated heterocycles. The zero-order chi connectivity index (χ0) is 12.7. The van der Waals surface area contributed by atoms with Gasteiger partial charge in [-0.15, -0.1) is 0 Å². The van der Waals surface area contributed by atoms with Crippen LogP contribution in [0.15, 0.2) is 12.4 Å². The van der Waals surface area contributed by atoms with E-state index in [2.05, 4.69) is 23.8 Å². The number of carbonyl (C=O) groups excluding carboxylic acids is 1. The summed E-state index contributed by atoms with van der Waals surface area (Å²) < 4.78 is 0. The lowest BCUT2D eigenvalue weighted by atomic mass is 9.93. The molecule has 0 radical (unpaired) electrons. The average Bonchev–Trinajstić information content (AvgIpc) is 2.35. The molecule has 1 unspecified atom stereocenters. The van der Waals surface area contributed by atoms with Gasteiger partial charge >= 0.3 is 0 Å². The van der Waals surface area contributed by atoms with Crippen molar-refractivity contribution in [3.05, 3.63) is 23.8 Å². The molecule has 0 saturated carbocycles. The number of Topliss-reactive ketones (excluding diaryl/α,β-unsaturated/α-hetero) is 1. The summed E-state index contributed by atoms with van der Waals surface area (Å²) in [7, 11) is 0. The molecule has 0 aromatic carbocycles. The van der Waals surface area contributed by atoms with E-state index in [-0.39, 0.29) is 5.78 Å². The summed E-state index contributed by atoms with van der Waals surface area (Å²) in [5, 5.41) is 0. The second-order valence-corrected chi connectivity index (χ2v) is 4.63. The first-order chi connectivity index (χ1) is 8.17. The summed E-state index contributed by atoms with van der Waals surface area (Å²) in [5.41, 5.74) is 0.986. The Morgan fingerprint density at radius 3 is 2.47 bits per heavy atom. The maximum absolute atomic E-state index is 12.0. The first-order valence-electron chi connectivity index (χ1n) is 6.49. The number of aromatic nitrogens is 2. The summed E-state index contributed by atoms with van der Waals surface area (Å²) in [6, 6.07) is 0. The first-order valence-corrected chi connectivity index (χ1v) is 6.49. The molecule has 0 amide bonds. The van der Waals surface area contributed by atoms with E-state index in [1.165, 1.54) is 12.8 Å². The quantitative estimate of drug-likeness (QED) is 0.677. The third-order valence-corrected chi connectivity index (χ3v) is 3.05. The molecule has 0 fully saturated rings. The minimum absolute atomic E-state index is 0.0768. The molecule has 3 heteroatoms. The predicted octanol–water partition coefficient (Wildman–Crippen LogP) is 3.57. The van der Waals surface area contributed by atoms with Gasteiger partial charge in [0.25, 0.3) is 0 Å². The van der Waals surface area contributed by atoms with Crippen LogP contribution in [-0.4, -0.2) is 15.8 Å². The van der Waals surface area contributed by atoms with Crippen LogP contribution in [0.4, 0.5) is 0 Å². The van der Waals surface area contributed by atoms with Crippen molar-refractivity contribution in [2.75, 3.05) is 0 Å². The van der Waals surface area contributed by atoms with Crippen LogP contribution in [0.5, 0.6) is 0 Å². The fraction of sp³-hybridized carbons (Fsp3) is 0.643. The molecular formula is C14H22N2O. The molecule has 1 heterocycles. The fourth-order valence-corrected chi connectivity index (χ4v) is 1.83. The van der Waals surface area contributed by atoms with E-state index in [1.54, 1.807) is 12.4 Å². The molecule has 1 atom stereocenters. The Bertz CT molecular complexity index is 346. The van der Waals surface area contributed by atoms with Crippen LogP contribution in [0.25, 0.3) is 0 Å². The molecule has 0 aliphatic heterocycles. The monoisotopic (exact) mass is 234 g/mol. The summed E-state index contributed by atoms with van der Waals surface area (Å²) >= 11 is 0. The predicted molar refractivity (Wildman–Crippen MR) is 69.0 cm³/mol. The number of hydrogen-bond donors (Lipinski definition) is 0. The van der Waals surface area contributed by atoms with Gasteiger partial charge in [-0.25, -0.2) is 9.97 Å². The second kappa shape index (κ2) is 7.15. The molecule has 0 spiro atoms. The van der Waals surface area contributed by atoms with Gasteiger partial charge in [0.15, 0.2) is 11.6 Å². The van der Waals surface area contributed by atoms with E-state index < -0.39 is 0 Å². The second-order valence-electron chi connectivity index (χ2n) is 4.63. The summed E-state index contributed by atoms with van der Waals surface area (Å²) in [5.74, 6) is 0.922. The number of hydrogen-bond acceptors (Lipinski definition) is 3. The summed E-state index contributed by atoms with van der Waals surface area (Å²) in [6.07, 6.45) is 8.55. The van der Waals surface area contributed by atoms with Crippen LogP contribution in [-0.2, 0) is 0 Å². The average molecular weight is 234 g/mol. The molecular weight excluding hydrogens is 212 g/mol. The standard InChI is InChI=1S/C14H22N2O/c1-4-6-7-12(5-2)8-13(17)14-15-9-11(3)10-16-14/h9-10,12H,4-8H2,1-3H3. The van der Waals surface area contributed by atoms with Gasteiger partial charge in [-0.3, -0.25) is 4.79 Å². The Hall–Kier alpha value is -1.25. The van der Waals surface area contributed by atoms with Crippen molar-refractivity contribution >= 4 is 5.78 Å². The SMILES string of the molecule is CCCCC(CC)CC(=O)c1ncc(C)cn1. The van der Waals surface area contributed by atoms with Gasteiger partial charge in [-0.1, -0.05) is 39.5 Å². The molecule has 0 N–H and O–H groups in total. The lowest BCUT2D eigenvalue weighted by Crippen LogP contribution is -2.11. The smallest absolute Gasteiger partial charge is 0.200 e. The van der Waals surface area contributed by atoms with E-state index in [4.69, 9.17) is 0 Å². The maximum Gasteiger partial charge on any atom is 0.200 e. The molecule has 94 valence electrons. The van der Waals surface area contributed by atoms with Crippen LogP contribution in [0, 0.1) is 12.8 Å². The molecule has 1 rings (SSSR count). The summed E-state index contributed by atoms with van der Waals surface area (Å²) in [4.78, 5) is 20.1. The highest BCUT2D eigenvalue weighted by Crippen LogP contribution is 2.18. The van der Waals surface area contributed by atoms with Crippen molar-refractivity contribution in [3.8, 4) is 0 Å². The summed E-state index contributed by atoms with van der Waals surface area (Å²) in [6.45, 7) is 6.24. The van der Waals surface area contributed by atoms with Gasteiger partial charge in [0, 0.05) is 18.8 Å². The Labute approximate surface area is 104 Å². The number of nitrogens with zero attached hydrogens (tertiary/aromatic N) is 2. The third kappa shape index (κ3) is 4.63.